The molecule has 2 aliphatic rings. The number of amides is 1. The normalized spacial score (nSPS) is 19.4. The molecule has 1 amide bonds. The fourth-order valence-corrected chi connectivity index (χ4v) is 5.02. The fraction of sp³-hybridized carbons (Fsp3) is 0.480. The average molecular weight is 412 g/mol. The van der Waals surface area contributed by atoms with Gasteiger partial charge in [-0.05, 0) is 54.9 Å². The maximum Gasteiger partial charge on any atom is 0.233 e. The Morgan fingerprint density at radius 2 is 1.66 bits per heavy atom. The molecular weight excluding hydrogens is 382 g/mol. The van der Waals surface area contributed by atoms with Crippen molar-refractivity contribution in [2.75, 3.05) is 19.7 Å². The van der Waals surface area contributed by atoms with Crippen LogP contribution in [0.25, 0.3) is 0 Å². The quantitative estimate of drug-likeness (QED) is 0.618. The maximum absolute atomic E-state index is 13.6. The minimum Gasteiger partial charge on any atom is -0.376 e. The Bertz CT molecular complexity index is 791. The number of carbonyl (C=O) groups excluding carboxylic acids is 1. The van der Waals surface area contributed by atoms with E-state index in [0.29, 0.717) is 18.4 Å². The topological polar surface area (TPSA) is 29.5 Å². The van der Waals surface area contributed by atoms with E-state index in [1.807, 2.05) is 30.3 Å². The first-order valence-corrected chi connectivity index (χ1v) is 11.2. The number of rotatable bonds is 6. The zero-order valence-electron chi connectivity index (χ0n) is 17.0. The number of carbonyl (C=O) groups is 1. The van der Waals surface area contributed by atoms with E-state index in [0.717, 1.165) is 68.8 Å². The van der Waals surface area contributed by atoms with Crippen molar-refractivity contribution in [1.82, 2.24) is 4.90 Å². The van der Waals surface area contributed by atoms with Crippen LogP contribution in [-0.4, -0.2) is 30.5 Å². The van der Waals surface area contributed by atoms with E-state index in [4.69, 9.17) is 16.3 Å². The lowest BCUT2D eigenvalue weighted by Crippen LogP contribution is -2.49. The molecule has 3 nitrogen and oxygen atoms in total. The van der Waals surface area contributed by atoms with Crippen LogP contribution < -0.4 is 0 Å². The molecule has 0 bridgehead atoms. The van der Waals surface area contributed by atoms with Gasteiger partial charge in [0, 0.05) is 24.7 Å². The highest BCUT2D eigenvalue weighted by Gasteiger charge is 2.45. The Morgan fingerprint density at radius 1 is 1.00 bits per heavy atom. The maximum atomic E-state index is 13.6. The van der Waals surface area contributed by atoms with Crippen molar-refractivity contribution in [3.63, 3.8) is 0 Å². The van der Waals surface area contributed by atoms with Crippen molar-refractivity contribution < 1.29 is 9.53 Å². The van der Waals surface area contributed by atoms with Gasteiger partial charge < -0.3 is 9.64 Å². The molecule has 1 heterocycles. The van der Waals surface area contributed by atoms with Gasteiger partial charge in [-0.1, -0.05) is 66.9 Å². The Hall–Kier alpha value is -1.84. The van der Waals surface area contributed by atoms with Gasteiger partial charge in [0.1, 0.15) is 0 Å². The summed E-state index contributed by atoms with van der Waals surface area (Å²) < 4.78 is 5.94. The number of hydrogen-bond donors (Lipinski definition) is 0. The summed E-state index contributed by atoms with van der Waals surface area (Å²) in [6.07, 6.45) is 6.20. The van der Waals surface area contributed by atoms with E-state index in [9.17, 15) is 4.79 Å². The fourth-order valence-electron chi connectivity index (χ4n) is 4.90. The minimum absolute atomic E-state index is 0.320. The number of benzene rings is 2. The van der Waals surface area contributed by atoms with Crippen molar-refractivity contribution in [1.29, 1.82) is 0 Å². The van der Waals surface area contributed by atoms with Crippen LogP contribution in [0.2, 0.25) is 5.02 Å². The second-order valence-corrected chi connectivity index (χ2v) is 8.97. The Balaban J connectivity index is 1.32. The van der Waals surface area contributed by atoms with E-state index < -0.39 is 0 Å². The number of piperidine rings is 1. The van der Waals surface area contributed by atoms with Gasteiger partial charge in [-0.2, -0.15) is 0 Å². The predicted octanol–water partition coefficient (Wildman–Crippen LogP) is 5.61. The van der Waals surface area contributed by atoms with Gasteiger partial charge in [-0.25, -0.2) is 0 Å². The summed E-state index contributed by atoms with van der Waals surface area (Å²) in [5.74, 6) is 0.860. The lowest BCUT2D eigenvalue weighted by atomic mass is 9.77. The molecule has 0 atom stereocenters. The molecule has 1 saturated carbocycles. The molecule has 1 saturated heterocycles. The number of ether oxygens (including phenoxy) is 1. The summed E-state index contributed by atoms with van der Waals surface area (Å²) >= 11 is 6.08. The molecule has 1 aliphatic heterocycles. The molecular formula is C25H30ClNO2. The minimum atomic E-state index is -0.346. The molecule has 1 aliphatic carbocycles. The van der Waals surface area contributed by atoms with Crippen LogP contribution in [0.4, 0.5) is 0 Å². The van der Waals surface area contributed by atoms with Crippen LogP contribution in [0.5, 0.6) is 0 Å². The molecule has 29 heavy (non-hydrogen) atoms. The van der Waals surface area contributed by atoms with E-state index in [2.05, 4.69) is 29.2 Å². The van der Waals surface area contributed by atoms with Crippen LogP contribution in [0.3, 0.4) is 0 Å². The van der Waals surface area contributed by atoms with Crippen LogP contribution in [-0.2, 0) is 21.6 Å². The van der Waals surface area contributed by atoms with Gasteiger partial charge in [0.05, 0.1) is 12.0 Å². The van der Waals surface area contributed by atoms with E-state index in [-0.39, 0.29) is 5.41 Å². The molecule has 0 aromatic heterocycles. The SMILES string of the molecule is O=C(N1CCC(COCc2ccccc2)CC1)C1(c2ccc(Cl)cc2)CCCC1. The molecule has 2 fully saturated rings. The van der Waals surface area contributed by atoms with Gasteiger partial charge in [-0.15, -0.1) is 0 Å². The third kappa shape index (κ3) is 4.67. The van der Waals surface area contributed by atoms with Crippen LogP contribution in [0.15, 0.2) is 54.6 Å². The summed E-state index contributed by atoms with van der Waals surface area (Å²) in [6, 6.07) is 18.2. The molecule has 2 aromatic carbocycles. The smallest absolute Gasteiger partial charge is 0.233 e. The highest BCUT2D eigenvalue weighted by atomic mass is 35.5. The first kappa shape index (κ1) is 20.4. The Morgan fingerprint density at radius 3 is 2.31 bits per heavy atom. The zero-order valence-corrected chi connectivity index (χ0v) is 17.7. The number of halogens is 1. The van der Waals surface area contributed by atoms with Crippen LogP contribution in [0, 0.1) is 5.92 Å². The summed E-state index contributed by atoms with van der Waals surface area (Å²) in [5, 5.41) is 0.727. The first-order valence-electron chi connectivity index (χ1n) is 10.8. The summed E-state index contributed by atoms with van der Waals surface area (Å²) in [5.41, 5.74) is 2.00. The third-order valence-corrected chi connectivity index (χ3v) is 6.88. The van der Waals surface area contributed by atoms with Gasteiger partial charge in [-0.3, -0.25) is 4.79 Å². The number of hydrogen-bond acceptors (Lipinski definition) is 2. The molecule has 154 valence electrons. The number of likely N-dealkylation sites (tertiary alicyclic amines) is 1. The van der Waals surface area contributed by atoms with Crippen LogP contribution in [0.1, 0.15) is 49.7 Å². The van der Waals surface area contributed by atoms with Crippen molar-refractivity contribution in [2.45, 2.75) is 50.5 Å². The van der Waals surface area contributed by atoms with Crippen molar-refractivity contribution in [2.24, 2.45) is 5.92 Å². The molecule has 0 unspecified atom stereocenters. The Kier molecular flexibility index (Phi) is 6.56. The molecule has 0 spiro atoms. The van der Waals surface area contributed by atoms with Gasteiger partial charge in [0.2, 0.25) is 5.91 Å². The van der Waals surface area contributed by atoms with Gasteiger partial charge in [0.15, 0.2) is 0 Å². The van der Waals surface area contributed by atoms with Crippen molar-refractivity contribution >= 4 is 17.5 Å². The number of nitrogens with zero attached hydrogens (tertiary/aromatic N) is 1. The summed E-state index contributed by atoms with van der Waals surface area (Å²) in [4.78, 5) is 15.7. The zero-order chi connectivity index (χ0) is 20.1. The third-order valence-electron chi connectivity index (χ3n) is 6.63. The van der Waals surface area contributed by atoms with Gasteiger partial charge >= 0.3 is 0 Å². The van der Waals surface area contributed by atoms with Crippen LogP contribution >= 0.6 is 11.6 Å². The van der Waals surface area contributed by atoms with E-state index in [1.54, 1.807) is 0 Å². The summed E-state index contributed by atoms with van der Waals surface area (Å²) in [6.45, 7) is 3.12. The molecule has 2 aromatic rings. The second kappa shape index (κ2) is 9.32. The molecule has 4 heteroatoms. The summed E-state index contributed by atoms with van der Waals surface area (Å²) in [7, 11) is 0. The standard InChI is InChI=1S/C25H30ClNO2/c26-23-10-8-22(9-11-23)25(14-4-5-15-25)24(28)27-16-12-21(13-17-27)19-29-18-20-6-2-1-3-7-20/h1-3,6-11,21H,4-5,12-19H2. The van der Waals surface area contributed by atoms with Crippen molar-refractivity contribution in [3.05, 3.63) is 70.7 Å². The first-order chi connectivity index (χ1) is 14.2. The predicted molar refractivity (Wildman–Crippen MR) is 117 cm³/mol. The van der Waals surface area contributed by atoms with Gasteiger partial charge in [0.25, 0.3) is 0 Å². The second-order valence-electron chi connectivity index (χ2n) is 8.53. The average Bonchev–Trinajstić information content (AvgIpc) is 3.26. The highest BCUT2D eigenvalue weighted by Crippen LogP contribution is 2.43. The monoisotopic (exact) mass is 411 g/mol. The Labute approximate surface area is 179 Å². The molecule has 4 rings (SSSR count). The largest absolute Gasteiger partial charge is 0.376 e. The lowest BCUT2D eigenvalue weighted by molar-refractivity contribution is -0.139. The lowest BCUT2D eigenvalue weighted by Gasteiger charge is -2.38. The van der Waals surface area contributed by atoms with E-state index >= 15 is 0 Å². The molecule has 0 radical (unpaired) electrons. The van der Waals surface area contributed by atoms with Crippen molar-refractivity contribution in [3.8, 4) is 0 Å². The highest BCUT2D eigenvalue weighted by molar-refractivity contribution is 6.30. The molecule has 0 N–H and O–H groups in total. The van der Waals surface area contributed by atoms with E-state index in [1.165, 1.54) is 5.56 Å².